The van der Waals surface area contributed by atoms with Crippen LogP contribution < -0.4 is 15.4 Å². The van der Waals surface area contributed by atoms with E-state index in [-0.39, 0.29) is 5.96 Å². The van der Waals surface area contributed by atoms with Gasteiger partial charge in [0.15, 0.2) is 0 Å². The van der Waals surface area contributed by atoms with Gasteiger partial charge in [-0.2, -0.15) is 0 Å². The van der Waals surface area contributed by atoms with Gasteiger partial charge in [-0.3, -0.25) is 25.2 Å². The molecule has 1 aromatic rings. The minimum absolute atomic E-state index is 0.213. The van der Waals surface area contributed by atoms with Crippen molar-refractivity contribution >= 4 is 17.8 Å². The molecule has 1 saturated heterocycles. The average molecular weight is 247 g/mol. The van der Waals surface area contributed by atoms with Gasteiger partial charge in [0, 0.05) is 13.0 Å². The zero-order valence-corrected chi connectivity index (χ0v) is 9.68. The Hall–Kier alpha value is -2.37. The van der Waals surface area contributed by atoms with Crippen LogP contribution in [0.15, 0.2) is 35.3 Å². The van der Waals surface area contributed by atoms with Gasteiger partial charge in [0.1, 0.15) is 5.75 Å². The summed E-state index contributed by atoms with van der Waals surface area (Å²) < 4.78 is 5.47. The molecule has 1 aliphatic heterocycles. The molecule has 0 aliphatic carbocycles. The highest BCUT2D eigenvalue weighted by molar-refractivity contribution is 6.45. The molecule has 0 spiro atoms. The summed E-state index contributed by atoms with van der Waals surface area (Å²) in [6.07, 6.45) is 0.699. The summed E-state index contributed by atoms with van der Waals surface area (Å²) in [5.74, 6) is -0.319. The van der Waals surface area contributed by atoms with Crippen LogP contribution >= 0.6 is 0 Å². The van der Waals surface area contributed by atoms with E-state index in [1.807, 2.05) is 30.3 Å². The summed E-state index contributed by atoms with van der Waals surface area (Å²) in [5.41, 5.74) is 0. The van der Waals surface area contributed by atoms with Crippen LogP contribution in [-0.4, -0.2) is 30.9 Å². The molecule has 0 atom stereocenters. The number of hydrogen-bond donors (Lipinski definition) is 2. The molecule has 0 aromatic heterocycles. The van der Waals surface area contributed by atoms with E-state index in [0.717, 1.165) is 5.75 Å². The lowest BCUT2D eigenvalue weighted by molar-refractivity contribution is -0.135. The Morgan fingerprint density at radius 1 is 1.06 bits per heavy atom. The lowest BCUT2D eigenvalue weighted by atomic mass is 10.3. The van der Waals surface area contributed by atoms with E-state index in [1.165, 1.54) is 0 Å². The van der Waals surface area contributed by atoms with E-state index in [4.69, 9.17) is 4.74 Å². The third-order valence-corrected chi connectivity index (χ3v) is 2.25. The maximum absolute atomic E-state index is 10.8. The number of nitrogens with one attached hydrogen (secondary N) is 2. The van der Waals surface area contributed by atoms with Gasteiger partial charge < -0.3 is 4.74 Å². The zero-order valence-electron chi connectivity index (χ0n) is 9.68. The minimum atomic E-state index is -0.672. The number of hydrogen-bond acceptors (Lipinski definition) is 4. The summed E-state index contributed by atoms with van der Waals surface area (Å²) >= 11 is 0. The van der Waals surface area contributed by atoms with Crippen molar-refractivity contribution in [1.82, 2.24) is 10.6 Å². The molecule has 2 rings (SSSR count). The monoisotopic (exact) mass is 247 g/mol. The van der Waals surface area contributed by atoms with Gasteiger partial charge >= 0.3 is 11.8 Å². The van der Waals surface area contributed by atoms with Crippen LogP contribution in [-0.2, 0) is 9.59 Å². The Labute approximate surface area is 104 Å². The van der Waals surface area contributed by atoms with E-state index in [2.05, 4.69) is 15.6 Å². The molecular formula is C12H13N3O3. The Morgan fingerprint density at radius 2 is 1.72 bits per heavy atom. The number of amides is 2. The Morgan fingerprint density at radius 3 is 2.39 bits per heavy atom. The summed E-state index contributed by atoms with van der Waals surface area (Å²) in [6.45, 7) is 1.01. The Kier molecular flexibility index (Phi) is 3.90. The summed E-state index contributed by atoms with van der Waals surface area (Å²) in [5, 5.41) is 4.64. The van der Waals surface area contributed by atoms with Gasteiger partial charge in [0.2, 0.25) is 5.96 Å². The molecule has 1 aliphatic rings. The van der Waals surface area contributed by atoms with Crippen LogP contribution in [0.4, 0.5) is 0 Å². The van der Waals surface area contributed by atoms with Gasteiger partial charge in [-0.05, 0) is 12.1 Å². The van der Waals surface area contributed by atoms with Crippen molar-refractivity contribution in [3.8, 4) is 5.75 Å². The highest BCUT2D eigenvalue weighted by Crippen LogP contribution is 2.08. The smallest absolute Gasteiger partial charge is 0.316 e. The van der Waals surface area contributed by atoms with E-state index in [9.17, 15) is 9.59 Å². The van der Waals surface area contributed by atoms with Gasteiger partial charge in [-0.25, -0.2) is 0 Å². The SMILES string of the molecule is O=C1NC(=NCCCOc2ccccc2)NC1=O. The second kappa shape index (κ2) is 5.81. The van der Waals surface area contributed by atoms with E-state index < -0.39 is 11.8 Å². The number of carbonyl (C=O) groups is 2. The molecule has 1 aromatic carbocycles. The highest BCUT2D eigenvalue weighted by atomic mass is 16.5. The number of benzene rings is 1. The van der Waals surface area contributed by atoms with Crippen LogP contribution in [0.25, 0.3) is 0 Å². The van der Waals surface area contributed by atoms with Gasteiger partial charge in [-0.1, -0.05) is 18.2 Å². The highest BCUT2D eigenvalue weighted by Gasteiger charge is 2.24. The number of guanidine groups is 1. The molecule has 94 valence electrons. The molecule has 18 heavy (non-hydrogen) atoms. The third kappa shape index (κ3) is 3.31. The normalized spacial score (nSPS) is 14.1. The first-order valence-electron chi connectivity index (χ1n) is 5.60. The molecule has 0 bridgehead atoms. The topological polar surface area (TPSA) is 79.8 Å². The first-order chi connectivity index (χ1) is 8.75. The van der Waals surface area contributed by atoms with Crippen molar-refractivity contribution in [1.29, 1.82) is 0 Å². The van der Waals surface area contributed by atoms with Crippen LogP contribution in [0, 0.1) is 0 Å². The Bertz CT molecular complexity index is 453. The summed E-state index contributed by atoms with van der Waals surface area (Å²) in [4.78, 5) is 25.7. The van der Waals surface area contributed by atoms with E-state index in [0.29, 0.717) is 19.6 Å². The molecule has 2 amide bonds. The predicted molar refractivity (Wildman–Crippen MR) is 65.1 cm³/mol. The van der Waals surface area contributed by atoms with Gasteiger partial charge in [-0.15, -0.1) is 0 Å². The lowest BCUT2D eigenvalue weighted by Crippen LogP contribution is -2.26. The molecule has 0 radical (unpaired) electrons. The standard InChI is InChI=1S/C12H13N3O3/c16-10-11(17)15-12(14-10)13-7-4-8-18-9-5-2-1-3-6-9/h1-3,5-6H,4,7-8H2,(H2,13,14,15,16,17). The second-order valence-electron chi connectivity index (χ2n) is 3.65. The molecule has 6 heteroatoms. The fourth-order valence-corrected chi connectivity index (χ4v) is 1.40. The van der Waals surface area contributed by atoms with Crippen molar-refractivity contribution in [2.75, 3.05) is 13.2 Å². The fraction of sp³-hybridized carbons (Fsp3) is 0.250. The first-order valence-corrected chi connectivity index (χ1v) is 5.60. The van der Waals surface area contributed by atoms with E-state index >= 15 is 0 Å². The van der Waals surface area contributed by atoms with Crippen LogP contribution in [0.5, 0.6) is 5.75 Å². The molecule has 0 saturated carbocycles. The zero-order chi connectivity index (χ0) is 12.8. The van der Waals surface area contributed by atoms with Crippen LogP contribution in [0.2, 0.25) is 0 Å². The van der Waals surface area contributed by atoms with Crippen molar-refractivity contribution in [2.24, 2.45) is 4.99 Å². The predicted octanol–water partition coefficient (Wildman–Crippen LogP) is 0.0575. The van der Waals surface area contributed by atoms with Crippen LogP contribution in [0.1, 0.15) is 6.42 Å². The summed E-state index contributed by atoms with van der Waals surface area (Å²) in [6, 6.07) is 9.48. The van der Waals surface area contributed by atoms with Gasteiger partial charge in [0.25, 0.3) is 0 Å². The van der Waals surface area contributed by atoms with Crippen molar-refractivity contribution in [3.05, 3.63) is 30.3 Å². The third-order valence-electron chi connectivity index (χ3n) is 2.25. The quantitative estimate of drug-likeness (QED) is 0.570. The molecular weight excluding hydrogens is 234 g/mol. The van der Waals surface area contributed by atoms with Crippen molar-refractivity contribution in [2.45, 2.75) is 6.42 Å². The molecule has 1 fully saturated rings. The number of rotatable bonds is 5. The average Bonchev–Trinajstić information content (AvgIpc) is 2.70. The van der Waals surface area contributed by atoms with Crippen molar-refractivity contribution < 1.29 is 14.3 Å². The summed E-state index contributed by atoms with van der Waals surface area (Å²) in [7, 11) is 0. The molecule has 6 nitrogen and oxygen atoms in total. The molecule has 2 N–H and O–H groups in total. The first kappa shape index (κ1) is 12.1. The maximum atomic E-state index is 10.8. The van der Waals surface area contributed by atoms with E-state index in [1.54, 1.807) is 0 Å². The minimum Gasteiger partial charge on any atom is -0.494 e. The van der Waals surface area contributed by atoms with Crippen molar-refractivity contribution in [3.63, 3.8) is 0 Å². The Balaban J connectivity index is 1.66. The van der Waals surface area contributed by atoms with Crippen LogP contribution in [0.3, 0.4) is 0 Å². The molecule has 0 unspecified atom stereocenters. The lowest BCUT2D eigenvalue weighted by Gasteiger charge is -2.04. The van der Waals surface area contributed by atoms with Gasteiger partial charge in [0.05, 0.1) is 6.61 Å². The number of nitrogens with zero attached hydrogens (tertiary/aromatic N) is 1. The number of ether oxygens (including phenoxy) is 1. The second-order valence-corrected chi connectivity index (χ2v) is 3.65. The fourth-order valence-electron chi connectivity index (χ4n) is 1.40. The number of carbonyl (C=O) groups excluding carboxylic acids is 2. The largest absolute Gasteiger partial charge is 0.494 e. The maximum Gasteiger partial charge on any atom is 0.316 e. The number of para-hydroxylation sites is 1. The molecule has 1 heterocycles. The number of aliphatic imine (C=N–C) groups is 1.